The number of hydrogen-bond donors (Lipinski definition) is 1. The number of carbonyl (C=O) groups is 1. The molecule has 0 aliphatic rings. The fourth-order valence-corrected chi connectivity index (χ4v) is 2.91. The largest absolute Gasteiger partial charge is 0.497 e. The van der Waals surface area contributed by atoms with Gasteiger partial charge in [-0.25, -0.2) is 0 Å². The van der Waals surface area contributed by atoms with E-state index in [-0.39, 0.29) is 12.5 Å². The van der Waals surface area contributed by atoms with Crippen molar-refractivity contribution in [2.24, 2.45) is 7.05 Å². The van der Waals surface area contributed by atoms with Crippen molar-refractivity contribution in [3.05, 3.63) is 47.4 Å². The van der Waals surface area contributed by atoms with Gasteiger partial charge in [-0.05, 0) is 38.1 Å². The van der Waals surface area contributed by atoms with E-state index in [2.05, 4.69) is 10.4 Å². The first-order valence-electron chi connectivity index (χ1n) is 7.88. The van der Waals surface area contributed by atoms with E-state index in [1.54, 1.807) is 7.11 Å². The van der Waals surface area contributed by atoms with Gasteiger partial charge < -0.3 is 14.6 Å². The van der Waals surface area contributed by atoms with E-state index in [4.69, 9.17) is 4.74 Å². The molecule has 3 rings (SSSR count). The normalized spacial score (nSPS) is 11.0. The quantitative estimate of drug-likeness (QED) is 0.783. The van der Waals surface area contributed by atoms with E-state index in [0.29, 0.717) is 6.54 Å². The van der Waals surface area contributed by atoms with E-state index in [9.17, 15) is 4.79 Å². The first-order chi connectivity index (χ1) is 11.5. The summed E-state index contributed by atoms with van der Waals surface area (Å²) in [4.78, 5) is 12.3. The van der Waals surface area contributed by atoms with Crippen LogP contribution >= 0.6 is 0 Å². The third-order valence-electron chi connectivity index (χ3n) is 4.41. The van der Waals surface area contributed by atoms with Gasteiger partial charge in [-0.15, -0.1) is 0 Å². The Bertz CT molecular complexity index is 892. The third kappa shape index (κ3) is 2.99. The Morgan fingerprint density at radius 2 is 2.08 bits per heavy atom. The van der Waals surface area contributed by atoms with Crippen molar-refractivity contribution in [2.75, 3.05) is 7.11 Å². The molecule has 0 aliphatic carbocycles. The Labute approximate surface area is 141 Å². The van der Waals surface area contributed by atoms with Crippen LogP contribution in [0.3, 0.4) is 0 Å². The first kappa shape index (κ1) is 16.1. The third-order valence-corrected chi connectivity index (χ3v) is 4.41. The molecule has 0 fully saturated rings. The molecule has 0 saturated heterocycles. The van der Waals surface area contributed by atoms with Crippen molar-refractivity contribution >= 4 is 16.8 Å². The van der Waals surface area contributed by atoms with Crippen molar-refractivity contribution in [3.8, 4) is 5.75 Å². The molecule has 1 amide bonds. The number of fused-ring (bicyclic) bond motifs is 1. The molecular weight excluding hydrogens is 304 g/mol. The summed E-state index contributed by atoms with van der Waals surface area (Å²) in [6, 6.07) is 7.82. The predicted molar refractivity (Wildman–Crippen MR) is 93.0 cm³/mol. The molecule has 0 spiro atoms. The average molecular weight is 326 g/mol. The molecule has 0 saturated carbocycles. The lowest BCUT2D eigenvalue weighted by Gasteiger charge is -2.08. The summed E-state index contributed by atoms with van der Waals surface area (Å²) in [5, 5.41) is 8.41. The summed E-state index contributed by atoms with van der Waals surface area (Å²) in [5.74, 6) is 0.790. The minimum absolute atomic E-state index is 0.0222. The van der Waals surface area contributed by atoms with Crippen molar-refractivity contribution in [3.63, 3.8) is 0 Å². The lowest BCUT2D eigenvalue weighted by molar-refractivity contribution is -0.121. The zero-order chi connectivity index (χ0) is 17.3. The molecule has 0 bridgehead atoms. The highest BCUT2D eigenvalue weighted by Gasteiger charge is 2.11. The Balaban J connectivity index is 1.69. The molecule has 2 heterocycles. The second kappa shape index (κ2) is 6.39. The number of rotatable bonds is 5. The average Bonchev–Trinajstić information content (AvgIpc) is 3.06. The summed E-state index contributed by atoms with van der Waals surface area (Å²) < 4.78 is 9.00. The number of carbonyl (C=O) groups excluding carboxylic acids is 1. The number of hydrogen-bond acceptors (Lipinski definition) is 3. The Hall–Kier alpha value is -2.76. The van der Waals surface area contributed by atoms with Gasteiger partial charge in [0.2, 0.25) is 5.91 Å². The van der Waals surface area contributed by atoms with E-state index < -0.39 is 0 Å². The van der Waals surface area contributed by atoms with Gasteiger partial charge in [0.25, 0.3) is 0 Å². The monoisotopic (exact) mass is 326 g/mol. The van der Waals surface area contributed by atoms with E-state index in [0.717, 1.165) is 33.6 Å². The van der Waals surface area contributed by atoms with Crippen LogP contribution < -0.4 is 10.1 Å². The molecule has 2 aromatic heterocycles. The van der Waals surface area contributed by atoms with Gasteiger partial charge in [0.15, 0.2) is 0 Å². The fourth-order valence-electron chi connectivity index (χ4n) is 2.91. The van der Waals surface area contributed by atoms with Crippen LogP contribution in [0, 0.1) is 13.8 Å². The van der Waals surface area contributed by atoms with Crippen molar-refractivity contribution < 1.29 is 9.53 Å². The number of amides is 1. The number of nitrogens with one attached hydrogen (secondary N) is 1. The van der Waals surface area contributed by atoms with Crippen molar-refractivity contribution in [1.29, 1.82) is 0 Å². The van der Waals surface area contributed by atoms with Crippen LogP contribution in [0.1, 0.15) is 17.0 Å². The Kier molecular flexibility index (Phi) is 4.29. The summed E-state index contributed by atoms with van der Waals surface area (Å²) in [6.45, 7) is 4.75. The van der Waals surface area contributed by atoms with Crippen LogP contribution in [-0.2, 0) is 24.9 Å². The number of aryl methyl sites for hydroxylation is 2. The molecule has 0 atom stereocenters. The highest BCUT2D eigenvalue weighted by molar-refractivity contribution is 5.84. The molecule has 6 nitrogen and oxygen atoms in total. The van der Waals surface area contributed by atoms with Gasteiger partial charge in [-0.1, -0.05) is 0 Å². The van der Waals surface area contributed by atoms with Gasteiger partial charge in [0, 0.05) is 41.9 Å². The van der Waals surface area contributed by atoms with E-state index >= 15 is 0 Å². The van der Waals surface area contributed by atoms with Gasteiger partial charge in [0.1, 0.15) is 12.3 Å². The lowest BCUT2D eigenvalue weighted by Crippen LogP contribution is -2.27. The van der Waals surface area contributed by atoms with Gasteiger partial charge in [0.05, 0.1) is 12.8 Å². The van der Waals surface area contributed by atoms with Crippen LogP contribution in [-0.4, -0.2) is 27.4 Å². The minimum atomic E-state index is -0.0222. The topological polar surface area (TPSA) is 61.1 Å². The second-order valence-electron chi connectivity index (χ2n) is 5.92. The second-order valence-corrected chi connectivity index (χ2v) is 5.92. The fraction of sp³-hybridized carbons (Fsp3) is 0.333. The highest BCUT2D eigenvalue weighted by Crippen LogP contribution is 2.21. The van der Waals surface area contributed by atoms with Gasteiger partial charge in [-0.2, -0.15) is 5.10 Å². The number of aromatic nitrogens is 3. The first-order valence-corrected chi connectivity index (χ1v) is 7.88. The number of benzene rings is 1. The lowest BCUT2D eigenvalue weighted by atomic mass is 10.2. The van der Waals surface area contributed by atoms with Crippen molar-refractivity contribution in [1.82, 2.24) is 19.7 Å². The zero-order valence-corrected chi connectivity index (χ0v) is 14.5. The SMILES string of the molecule is COc1ccc2c(ccn2CC(=O)NCc2c(C)nn(C)c2C)c1. The van der Waals surface area contributed by atoms with Crippen LogP contribution in [0.2, 0.25) is 0 Å². The number of methoxy groups -OCH3 is 1. The molecule has 0 aliphatic heterocycles. The molecule has 0 unspecified atom stereocenters. The molecule has 6 heteroatoms. The maximum Gasteiger partial charge on any atom is 0.240 e. The maximum absolute atomic E-state index is 12.3. The van der Waals surface area contributed by atoms with Gasteiger partial charge >= 0.3 is 0 Å². The van der Waals surface area contributed by atoms with Gasteiger partial charge in [-0.3, -0.25) is 9.48 Å². The molecule has 0 radical (unpaired) electrons. The van der Waals surface area contributed by atoms with Crippen molar-refractivity contribution in [2.45, 2.75) is 26.9 Å². The molecule has 24 heavy (non-hydrogen) atoms. The highest BCUT2D eigenvalue weighted by atomic mass is 16.5. The molecule has 1 N–H and O–H groups in total. The molecular formula is C18H22N4O2. The zero-order valence-electron chi connectivity index (χ0n) is 14.5. The predicted octanol–water partition coefficient (Wildman–Crippen LogP) is 2.32. The Morgan fingerprint density at radius 1 is 1.29 bits per heavy atom. The van der Waals surface area contributed by atoms with Crippen LogP contribution in [0.15, 0.2) is 30.5 Å². The summed E-state index contributed by atoms with van der Waals surface area (Å²) in [7, 11) is 3.56. The summed E-state index contributed by atoms with van der Waals surface area (Å²) in [5.41, 5.74) is 4.12. The summed E-state index contributed by atoms with van der Waals surface area (Å²) in [6.07, 6.45) is 1.92. The summed E-state index contributed by atoms with van der Waals surface area (Å²) >= 11 is 0. The van der Waals surface area contributed by atoms with E-state index in [1.165, 1.54) is 0 Å². The molecule has 3 aromatic rings. The number of nitrogens with zero attached hydrogens (tertiary/aromatic N) is 3. The van der Waals surface area contributed by atoms with E-state index in [1.807, 2.05) is 60.6 Å². The molecule has 1 aromatic carbocycles. The van der Waals surface area contributed by atoms with Crippen LogP contribution in [0.25, 0.3) is 10.9 Å². The van der Waals surface area contributed by atoms with Crippen LogP contribution in [0.4, 0.5) is 0 Å². The standard InChI is InChI=1S/C18H22N4O2/c1-12-16(13(2)21(3)20-12)10-19-18(23)11-22-8-7-14-9-15(24-4)5-6-17(14)22/h5-9H,10-11H2,1-4H3,(H,19,23). The van der Waals surface area contributed by atoms with Crippen LogP contribution in [0.5, 0.6) is 5.75 Å². The smallest absolute Gasteiger partial charge is 0.240 e. The molecule has 126 valence electrons. The Morgan fingerprint density at radius 3 is 2.75 bits per heavy atom. The maximum atomic E-state index is 12.3. The minimum Gasteiger partial charge on any atom is -0.497 e. The number of ether oxygens (including phenoxy) is 1.